The lowest BCUT2D eigenvalue weighted by molar-refractivity contribution is -0.384. The molecule has 3 N–H and O–H groups in total. The molecule has 0 saturated heterocycles. The quantitative estimate of drug-likeness (QED) is 0.631. The van der Waals surface area contributed by atoms with Gasteiger partial charge < -0.3 is 11.1 Å². The summed E-state index contributed by atoms with van der Waals surface area (Å²) in [5.41, 5.74) is 5.04. The summed E-state index contributed by atoms with van der Waals surface area (Å²) in [6.07, 6.45) is 0. The Kier molecular flexibility index (Phi) is 4.33. The first-order valence-electron chi connectivity index (χ1n) is 5.33. The molecule has 7 heteroatoms. The number of carbonyl (C=O) groups excluding carboxylic acids is 1. The molecular formula is C11H14FN3O3. The van der Waals surface area contributed by atoms with E-state index in [1.165, 1.54) is 0 Å². The van der Waals surface area contributed by atoms with Gasteiger partial charge in [-0.05, 0) is 18.1 Å². The average molecular weight is 255 g/mol. The van der Waals surface area contributed by atoms with E-state index in [9.17, 15) is 19.3 Å². The Balaban J connectivity index is 2.98. The van der Waals surface area contributed by atoms with Gasteiger partial charge in [-0.1, -0.05) is 13.8 Å². The van der Waals surface area contributed by atoms with Crippen LogP contribution in [0.25, 0.3) is 0 Å². The number of benzene rings is 1. The van der Waals surface area contributed by atoms with Crippen molar-refractivity contribution in [3.8, 4) is 0 Å². The molecular weight excluding hydrogens is 241 g/mol. The molecule has 1 aromatic carbocycles. The van der Waals surface area contributed by atoms with Gasteiger partial charge in [0.1, 0.15) is 11.5 Å². The highest BCUT2D eigenvalue weighted by Gasteiger charge is 2.21. The summed E-state index contributed by atoms with van der Waals surface area (Å²) in [5.74, 6) is -1.39. The molecule has 1 amide bonds. The van der Waals surface area contributed by atoms with Gasteiger partial charge in [0.15, 0.2) is 0 Å². The summed E-state index contributed by atoms with van der Waals surface area (Å²) in [6, 6.07) is 2.13. The monoisotopic (exact) mass is 255 g/mol. The van der Waals surface area contributed by atoms with Crippen LogP contribution in [0.5, 0.6) is 0 Å². The topological polar surface area (TPSA) is 98.3 Å². The zero-order valence-electron chi connectivity index (χ0n) is 10.0. The molecule has 18 heavy (non-hydrogen) atoms. The van der Waals surface area contributed by atoms with E-state index in [1.807, 2.05) is 0 Å². The van der Waals surface area contributed by atoms with Crippen molar-refractivity contribution >= 4 is 17.3 Å². The number of nitro benzene ring substituents is 1. The Hall–Kier alpha value is -2.02. The third-order valence-corrected chi connectivity index (χ3v) is 2.44. The van der Waals surface area contributed by atoms with Gasteiger partial charge in [0.25, 0.3) is 5.69 Å². The minimum atomic E-state index is -0.783. The third-order valence-electron chi connectivity index (χ3n) is 2.44. The largest absolute Gasteiger partial charge is 0.320 e. The van der Waals surface area contributed by atoms with Crippen molar-refractivity contribution in [1.82, 2.24) is 0 Å². The standard InChI is InChI=1S/C11H14FN3O3/c1-6(2)10(13)11(16)14-8-4-3-7(12)5-9(8)15(17)18/h3-6,10H,13H2,1-2H3,(H,14,16)/t10-/m0/s1. The number of anilines is 1. The van der Waals surface area contributed by atoms with Gasteiger partial charge in [0.2, 0.25) is 5.91 Å². The molecule has 0 radical (unpaired) electrons. The lowest BCUT2D eigenvalue weighted by Crippen LogP contribution is -2.39. The van der Waals surface area contributed by atoms with E-state index in [-0.39, 0.29) is 11.6 Å². The van der Waals surface area contributed by atoms with Crippen LogP contribution in [-0.4, -0.2) is 16.9 Å². The number of nitrogens with one attached hydrogen (secondary N) is 1. The summed E-state index contributed by atoms with van der Waals surface area (Å²) in [5, 5.41) is 13.0. The molecule has 0 aromatic heterocycles. The maximum Gasteiger partial charge on any atom is 0.295 e. The van der Waals surface area contributed by atoms with Gasteiger partial charge in [0.05, 0.1) is 17.0 Å². The fraction of sp³-hybridized carbons (Fsp3) is 0.364. The molecule has 0 heterocycles. The van der Waals surface area contributed by atoms with Crippen molar-refractivity contribution in [2.24, 2.45) is 11.7 Å². The highest BCUT2D eigenvalue weighted by Crippen LogP contribution is 2.25. The Labute approximate surface area is 103 Å². The Bertz CT molecular complexity index is 477. The average Bonchev–Trinajstić information content (AvgIpc) is 2.29. The molecule has 1 rings (SSSR count). The third kappa shape index (κ3) is 3.24. The smallest absolute Gasteiger partial charge is 0.295 e. The van der Waals surface area contributed by atoms with Crippen LogP contribution in [0.1, 0.15) is 13.8 Å². The molecule has 0 aliphatic rings. The van der Waals surface area contributed by atoms with Crippen LogP contribution >= 0.6 is 0 Å². The molecule has 0 aliphatic carbocycles. The van der Waals surface area contributed by atoms with Crippen molar-refractivity contribution in [1.29, 1.82) is 0 Å². The maximum absolute atomic E-state index is 12.9. The van der Waals surface area contributed by atoms with E-state index in [4.69, 9.17) is 5.73 Å². The van der Waals surface area contributed by atoms with E-state index >= 15 is 0 Å². The summed E-state index contributed by atoms with van der Waals surface area (Å²) in [7, 11) is 0. The molecule has 0 unspecified atom stereocenters. The van der Waals surface area contributed by atoms with E-state index in [2.05, 4.69) is 5.32 Å². The fourth-order valence-corrected chi connectivity index (χ4v) is 1.28. The molecule has 98 valence electrons. The van der Waals surface area contributed by atoms with E-state index in [1.54, 1.807) is 13.8 Å². The predicted molar refractivity (Wildman–Crippen MR) is 64.5 cm³/mol. The number of hydrogen-bond acceptors (Lipinski definition) is 4. The fourth-order valence-electron chi connectivity index (χ4n) is 1.28. The summed E-state index contributed by atoms with van der Waals surface area (Å²) < 4.78 is 12.9. The first-order chi connectivity index (χ1) is 8.32. The number of nitrogens with zero attached hydrogens (tertiary/aromatic N) is 1. The van der Waals surface area contributed by atoms with Crippen LogP contribution in [-0.2, 0) is 4.79 Å². The highest BCUT2D eigenvalue weighted by atomic mass is 19.1. The van der Waals surface area contributed by atoms with Crippen LogP contribution in [0.3, 0.4) is 0 Å². The van der Waals surface area contributed by atoms with E-state index in [0.717, 1.165) is 18.2 Å². The molecule has 1 atom stereocenters. The van der Waals surface area contributed by atoms with Crippen LogP contribution in [0.4, 0.5) is 15.8 Å². The minimum absolute atomic E-state index is 0.0671. The summed E-state index contributed by atoms with van der Waals surface area (Å²) in [4.78, 5) is 21.6. The predicted octanol–water partition coefficient (Wildman–Crippen LogP) is 1.66. The zero-order valence-corrected chi connectivity index (χ0v) is 10.0. The van der Waals surface area contributed by atoms with Gasteiger partial charge in [-0.15, -0.1) is 0 Å². The number of nitrogens with two attached hydrogens (primary N) is 1. The normalized spacial score (nSPS) is 12.3. The molecule has 6 nitrogen and oxygen atoms in total. The van der Waals surface area contributed by atoms with Gasteiger partial charge in [-0.25, -0.2) is 4.39 Å². The number of nitro groups is 1. The second-order valence-electron chi connectivity index (χ2n) is 4.18. The number of amides is 1. The van der Waals surface area contributed by atoms with Crippen molar-refractivity contribution in [3.63, 3.8) is 0 Å². The highest BCUT2D eigenvalue weighted by molar-refractivity contribution is 5.96. The first-order valence-corrected chi connectivity index (χ1v) is 5.33. The van der Waals surface area contributed by atoms with E-state index < -0.39 is 28.4 Å². The number of hydrogen-bond donors (Lipinski definition) is 2. The van der Waals surface area contributed by atoms with Crippen molar-refractivity contribution in [2.75, 3.05) is 5.32 Å². The minimum Gasteiger partial charge on any atom is -0.320 e. The SMILES string of the molecule is CC(C)[C@H](N)C(=O)Nc1ccc(F)cc1[N+](=O)[O-]. The van der Waals surface area contributed by atoms with Gasteiger partial charge >= 0.3 is 0 Å². The lowest BCUT2D eigenvalue weighted by atomic mass is 10.0. The van der Waals surface area contributed by atoms with Crippen molar-refractivity contribution in [3.05, 3.63) is 34.1 Å². The van der Waals surface area contributed by atoms with Crippen molar-refractivity contribution in [2.45, 2.75) is 19.9 Å². The number of rotatable bonds is 4. The van der Waals surface area contributed by atoms with Crippen LogP contribution < -0.4 is 11.1 Å². The van der Waals surface area contributed by atoms with Gasteiger partial charge in [-0.2, -0.15) is 0 Å². The number of carbonyl (C=O) groups is 1. The zero-order chi connectivity index (χ0) is 13.9. The first kappa shape index (κ1) is 14.0. The molecule has 0 fully saturated rings. The molecule has 0 aliphatic heterocycles. The Morgan fingerprint density at radius 2 is 2.11 bits per heavy atom. The second-order valence-corrected chi connectivity index (χ2v) is 4.18. The van der Waals surface area contributed by atoms with Crippen LogP contribution in [0.2, 0.25) is 0 Å². The lowest BCUT2D eigenvalue weighted by Gasteiger charge is -2.15. The number of halogens is 1. The Morgan fingerprint density at radius 1 is 1.50 bits per heavy atom. The van der Waals surface area contributed by atoms with Crippen molar-refractivity contribution < 1.29 is 14.1 Å². The summed E-state index contributed by atoms with van der Waals surface area (Å²) in [6.45, 7) is 3.51. The maximum atomic E-state index is 12.9. The van der Waals surface area contributed by atoms with E-state index in [0.29, 0.717) is 0 Å². The van der Waals surface area contributed by atoms with Crippen LogP contribution in [0, 0.1) is 21.8 Å². The molecule has 0 spiro atoms. The molecule has 0 saturated carbocycles. The van der Waals surface area contributed by atoms with Gasteiger partial charge in [-0.3, -0.25) is 14.9 Å². The van der Waals surface area contributed by atoms with Crippen LogP contribution in [0.15, 0.2) is 18.2 Å². The van der Waals surface area contributed by atoms with Gasteiger partial charge in [0, 0.05) is 0 Å². The summed E-state index contributed by atoms with van der Waals surface area (Å²) >= 11 is 0. The molecule has 0 bridgehead atoms. The Morgan fingerprint density at radius 3 is 2.61 bits per heavy atom. The second kappa shape index (κ2) is 5.54. The molecule has 1 aromatic rings.